The molecule has 92 valence electrons. The van der Waals surface area contributed by atoms with Crippen LogP contribution in [0.15, 0.2) is 0 Å². The Balaban J connectivity index is 1.76. The largest absolute Gasteiger partial charge is 0.317 e. The lowest BCUT2D eigenvalue weighted by Gasteiger charge is -2.27. The zero-order valence-electron chi connectivity index (χ0n) is 10.0. The maximum atomic E-state index is 12.1. The van der Waals surface area contributed by atoms with E-state index in [0.717, 1.165) is 58.5 Å². The minimum absolute atomic E-state index is 0.310. The Morgan fingerprint density at radius 3 is 2.62 bits per heavy atom. The van der Waals surface area contributed by atoms with Crippen LogP contribution in [-0.2, 0) is 4.79 Å². The molecule has 4 heteroatoms. The molecule has 0 aliphatic carbocycles. The summed E-state index contributed by atoms with van der Waals surface area (Å²) in [5.74, 6) is 0.774. The maximum Gasteiger partial charge on any atom is 0.149 e. The molecule has 0 spiro atoms. The number of rotatable bonds is 3. The van der Waals surface area contributed by atoms with Gasteiger partial charge in [0.15, 0.2) is 0 Å². The fourth-order valence-electron chi connectivity index (χ4n) is 2.56. The molecule has 2 fully saturated rings. The first kappa shape index (κ1) is 12.0. The minimum Gasteiger partial charge on any atom is -0.317 e. The molecule has 2 aliphatic rings. The van der Waals surface area contributed by atoms with E-state index in [9.17, 15) is 4.79 Å². The normalized spacial score (nSPS) is 28.6. The number of carbonyl (C=O) groups is 1. The predicted octanol–water partition coefficient (Wildman–Crippen LogP) is -0.150. The van der Waals surface area contributed by atoms with Gasteiger partial charge >= 0.3 is 0 Å². The van der Waals surface area contributed by atoms with Crippen molar-refractivity contribution in [1.29, 1.82) is 0 Å². The van der Waals surface area contributed by atoms with Crippen molar-refractivity contribution in [2.24, 2.45) is 5.92 Å². The zero-order chi connectivity index (χ0) is 11.2. The van der Waals surface area contributed by atoms with E-state index in [1.54, 1.807) is 0 Å². The summed E-state index contributed by atoms with van der Waals surface area (Å²) in [6.07, 6.45) is 3.26. The first-order chi connectivity index (χ1) is 7.86. The second kappa shape index (κ2) is 6.33. The van der Waals surface area contributed by atoms with E-state index in [4.69, 9.17) is 0 Å². The van der Waals surface area contributed by atoms with Crippen molar-refractivity contribution in [3.63, 3.8) is 0 Å². The SMILES string of the molecule is O=C(CN1CCNCC1)C1CCCNCC1. The average molecular weight is 225 g/mol. The summed E-state index contributed by atoms with van der Waals surface area (Å²) < 4.78 is 0. The van der Waals surface area contributed by atoms with Crippen LogP contribution in [0.3, 0.4) is 0 Å². The van der Waals surface area contributed by atoms with Crippen LogP contribution in [0.4, 0.5) is 0 Å². The molecule has 1 unspecified atom stereocenters. The lowest BCUT2D eigenvalue weighted by atomic mass is 9.95. The molecule has 0 saturated carbocycles. The molecular weight excluding hydrogens is 202 g/mol. The summed E-state index contributed by atoms with van der Waals surface area (Å²) in [5, 5.41) is 6.67. The van der Waals surface area contributed by atoms with Gasteiger partial charge in [-0.25, -0.2) is 0 Å². The van der Waals surface area contributed by atoms with Gasteiger partial charge in [-0.1, -0.05) is 0 Å². The fraction of sp³-hybridized carbons (Fsp3) is 0.917. The standard InChI is InChI=1S/C12H23N3O/c16-12(10-15-8-6-14-7-9-15)11-2-1-4-13-5-3-11/h11,13-14H,1-10H2. The van der Waals surface area contributed by atoms with Crippen LogP contribution in [0.2, 0.25) is 0 Å². The number of hydrogen-bond donors (Lipinski definition) is 2. The summed E-state index contributed by atoms with van der Waals surface area (Å²) in [6.45, 7) is 6.87. The molecule has 16 heavy (non-hydrogen) atoms. The number of Topliss-reactive ketones (excluding diaryl/α,β-unsaturated/α-hetero) is 1. The highest BCUT2D eigenvalue weighted by Crippen LogP contribution is 2.15. The van der Waals surface area contributed by atoms with Crippen molar-refractivity contribution in [3.8, 4) is 0 Å². The van der Waals surface area contributed by atoms with Gasteiger partial charge in [0, 0.05) is 32.1 Å². The Bertz CT molecular complexity index is 218. The van der Waals surface area contributed by atoms with Crippen LogP contribution < -0.4 is 10.6 Å². The van der Waals surface area contributed by atoms with Crippen molar-refractivity contribution in [3.05, 3.63) is 0 Å². The molecule has 0 aromatic carbocycles. The molecule has 1 atom stereocenters. The third-order valence-corrected chi connectivity index (χ3v) is 3.62. The monoisotopic (exact) mass is 225 g/mol. The molecule has 2 aliphatic heterocycles. The van der Waals surface area contributed by atoms with Crippen molar-refractivity contribution in [2.45, 2.75) is 19.3 Å². The highest BCUT2D eigenvalue weighted by Gasteiger charge is 2.22. The molecule has 2 saturated heterocycles. The fourth-order valence-corrected chi connectivity index (χ4v) is 2.56. The molecule has 0 aromatic heterocycles. The molecular formula is C12H23N3O. The Kier molecular flexibility index (Phi) is 4.75. The van der Waals surface area contributed by atoms with Crippen LogP contribution in [0.25, 0.3) is 0 Å². The van der Waals surface area contributed by atoms with E-state index in [-0.39, 0.29) is 0 Å². The Hall–Kier alpha value is -0.450. The van der Waals surface area contributed by atoms with Gasteiger partial charge in [0.1, 0.15) is 5.78 Å². The molecule has 2 rings (SSSR count). The van der Waals surface area contributed by atoms with Crippen LogP contribution in [0.1, 0.15) is 19.3 Å². The smallest absolute Gasteiger partial charge is 0.149 e. The van der Waals surface area contributed by atoms with E-state index >= 15 is 0 Å². The number of nitrogens with one attached hydrogen (secondary N) is 2. The number of ketones is 1. The third kappa shape index (κ3) is 3.54. The molecule has 0 amide bonds. The van der Waals surface area contributed by atoms with E-state index in [2.05, 4.69) is 15.5 Å². The quantitative estimate of drug-likeness (QED) is 0.701. The summed E-state index contributed by atoms with van der Waals surface area (Å²) in [6, 6.07) is 0. The molecule has 0 aromatic rings. The Morgan fingerprint density at radius 1 is 1.06 bits per heavy atom. The Labute approximate surface area is 97.8 Å². The van der Waals surface area contributed by atoms with Crippen LogP contribution in [0.5, 0.6) is 0 Å². The first-order valence-electron chi connectivity index (χ1n) is 6.53. The van der Waals surface area contributed by atoms with Gasteiger partial charge < -0.3 is 10.6 Å². The third-order valence-electron chi connectivity index (χ3n) is 3.62. The molecule has 0 radical (unpaired) electrons. The van der Waals surface area contributed by atoms with E-state index < -0.39 is 0 Å². The number of carbonyl (C=O) groups excluding carboxylic acids is 1. The van der Waals surface area contributed by atoms with Crippen LogP contribution >= 0.6 is 0 Å². The number of nitrogens with zero attached hydrogens (tertiary/aromatic N) is 1. The van der Waals surface area contributed by atoms with Crippen molar-refractivity contribution < 1.29 is 4.79 Å². The van der Waals surface area contributed by atoms with Crippen LogP contribution in [0, 0.1) is 5.92 Å². The van der Waals surface area contributed by atoms with Gasteiger partial charge in [0.05, 0.1) is 6.54 Å². The van der Waals surface area contributed by atoms with Crippen molar-refractivity contribution in [2.75, 3.05) is 45.8 Å². The maximum absolute atomic E-state index is 12.1. The molecule has 0 bridgehead atoms. The van der Waals surface area contributed by atoms with Gasteiger partial charge in [0.2, 0.25) is 0 Å². The lowest BCUT2D eigenvalue weighted by Crippen LogP contribution is -2.46. The topological polar surface area (TPSA) is 44.4 Å². The number of piperazine rings is 1. The molecule has 2 heterocycles. The minimum atomic E-state index is 0.310. The van der Waals surface area contributed by atoms with Crippen molar-refractivity contribution in [1.82, 2.24) is 15.5 Å². The van der Waals surface area contributed by atoms with Crippen molar-refractivity contribution >= 4 is 5.78 Å². The van der Waals surface area contributed by atoms with Gasteiger partial charge in [-0.3, -0.25) is 9.69 Å². The van der Waals surface area contributed by atoms with Gasteiger partial charge in [-0.05, 0) is 32.4 Å². The highest BCUT2D eigenvalue weighted by atomic mass is 16.1. The second-order valence-electron chi connectivity index (χ2n) is 4.87. The van der Waals surface area contributed by atoms with Crippen LogP contribution in [-0.4, -0.2) is 56.5 Å². The van der Waals surface area contributed by atoms with Gasteiger partial charge in [-0.2, -0.15) is 0 Å². The molecule has 4 nitrogen and oxygen atoms in total. The lowest BCUT2D eigenvalue weighted by molar-refractivity contribution is -0.124. The van der Waals surface area contributed by atoms with Gasteiger partial charge in [0.25, 0.3) is 0 Å². The van der Waals surface area contributed by atoms with E-state index in [0.29, 0.717) is 18.2 Å². The average Bonchev–Trinajstić information content (AvgIpc) is 2.59. The Morgan fingerprint density at radius 2 is 1.81 bits per heavy atom. The highest BCUT2D eigenvalue weighted by molar-refractivity contribution is 5.83. The van der Waals surface area contributed by atoms with E-state index in [1.165, 1.54) is 0 Å². The molecule has 2 N–H and O–H groups in total. The first-order valence-corrected chi connectivity index (χ1v) is 6.53. The number of hydrogen-bond acceptors (Lipinski definition) is 4. The summed E-state index contributed by atoms with van der Waals surface area (Å²) in [7, 11) is 0. The zero-order valence-corrected chi connectivity index (χ0v) is 10.0. The van der Waals surface area contributed by atoms with Gasteiger partial charge in [-0.15, -0.1) is 0 Å². The summed E-state index contributed by atoms with van der Waals surface area (Å²) >= 11 is 0. The summed E-state index contributed by atoms with van der Waals surface area (Å²) in [4.78, 5) is 14.4. The second-order valence-corrected chi connectivity index (χ2v) is 4.87. The predicted molar refractivity (Wildman–Crippen MR) is 64.5 cm³/mol. The van der Waals surface area contributed by atoms with E-state index in [1.807, 2.05) is 0 Å². The summed E-state index contributed by atoms with van der Waals surface area (Å²) in [5.41, 5.74) is 0.